The minimum absolute atomic E-state index is 0.0278. The van der Waals surface area contributed by atoms with Gasteiger partial charge in [-0.05, 0) is 0 Å². The van der Waals surface area contributed by atoms with Crippen LogP contribution < -0.4 is 0 Å². The zero-order valence-corrected chi connectivity index (χ0v) is 7.96. The van der Waals surface area contributed by atoms with Crippen LogP contribution in [0, 0.1) is 0 Å². The quantitative estimate of drug-likeness (QED) is 0.311. The summed E-state index contributed by atoms with van der Waals surface area (Å²) >= 11 is 0.904. The van der Waals surface area contributed by atoms with Crippen molar-refractivity contribution in [3.05, 3.63) is 0 Å². The van der Waals surface area contributed by atoms with E-state index < -0.39 is 10.4 Å². The fourth-order valence-electron chi connectivity index (χ4n) is 0. The maximum atomic E-state index is 8.74. The zero-order valence-electron chi connectivity index (χ0n) is 5.14. The van der Waals surface area contributed by atoms with Crippen LogP contribution in [0.2, 0.25) is 0 Å². The van der Waals surface area contributed by atoms with Gasteiger partial charge in [-0.25, -0.2) is 0 Å². The first-order chi connectivity index (χ1) is 3.73. The number of rotatable bonds is 0. The van der Waals surface area contributed by atoms with E-state index in [2.05, 4.69) is 0 Å². The van der Waals surface area contributed by atoms with Crippen molar-refractivity contribution >= 4 is 38.3 Å². The summed E-state index contributed by atoms with van der Waals surface area (Å²) in [5.74, 6) is 0. The maximum Gasteiger partial charge on any atom is 0.394 e. The fraction of sp³-hybridized carbons (Fsp3) is 1.00. The van der Waals surface area contributed by atoms with Gasteiger partial charge in [0, 0.05) is 0 Å². The first-order valence-corrected chi connectivity index (χ1v) is 4.66. The SMILES string of the molecule is C[CH](O)[Na].O=S(=O)(O)O. The predicted molar refractivity (Wildman–Crippen MR) is 31.6 cm³/mol. The molecule has 0 aromatic carbocycles. The van der Waals surface area contributed by atoms with Gasteiger partial charge in [0.1, 0.15) is 0 Å². The number of aliphatic hydroxyl groups is 1. The van der Waals surface area contributed by atoms with Crippen LogP contribution in [0.5, 0.6) is 0 Å². The van der Waals surface area contributed by atoms with E-state index in [1.165, 1.54) is 0 Å². The van der Waals surface area contributed by atoms with E-state index >= 15 is 0 Å². The molecule has 0 aromatic rings. The third kappa shape index (κ3) is 598. The van der Waals surface area contributed by atoms with Gasteiger partial charge in [-0.3, -0.25) is 9.11 Å². The standard InChI is InChI=1S/C2H5O.Na.H2O4S/c1-2-3;;1-5(2,3)4/h2-3H,1H3;;(H2,1,2,3,4). The third-order valence-electron chi connectivity index (χ3n) is 0. The van der Waals surface area contributed by atoms with Crippen LogP contribution in [-0.4, -0.2) is 53.9 Å². The molecule has 0 aliphatic heterocycles. The van der Waals surface area contributed by atoms with Gasteiger partial charge in [0.05, 0.1) is 0 Å². The van der Waals surface area contributed by atoms with Gasteiger partial charge >= 0.3 is 53.7 Å². The molecular formula is C2H7NaO5S. The summed E-state index contributed by atoms with van der Waals surface area (Å²) in [5.41, 5.74) is 0. The van der Waals surface area contributed by atoms with E-state index in [1.807, 2.05) is 0 Å². The molecule has 0 aromatic heterocycles. The van der Waals surface area contributed by atoms with Gasteiger partial charge in [-0.2, -0.15) is 8.42 Å². The largest absolute Gasteiger partial charge is 0.394 e. The van der Waals surface area contributed by atoms with Crippen molar-refractivity contribution in [1.29, 1.82) is 0 Å². The molecule has 7 heteroatoms. The normalized spacial score (nSPS) is 13.6. The first kappa shape index (κ1) is 12.5. The van der Waals surface area contributed by atoms with Crippen LogP contribution in [0.25, 0.3) is 0 Å². The molecule has 52 valence electrons. The number of hydrogen-bond donors (Lipinski definition) is 3. The Morgan fingerprint density at radius 1 is 1.44 bits per heavy atom. The predicted octanol–water partition coefficient (Wildman–Crippen LogP) is -1.16. The molecular weight excluding hydrogens is 159 g/mol. The summed E-state index contributed by atoms with van der Waals surface area (Å²) in [4.78, 5) is 0. The summed E-state index contributed by atoms with van der Waals surface area (Å²) in [6.07, 6.45) is 0. The van der Waals surface area contributed by atoms with Crippen LogP contribution in [0.3, 0.4) is 0 Å². The second-order valence-corrected chi connectivity index (χ2v) is 4.11. The van der Waals surface area contributed by atoms with Gasteiger partial charge in [-0.15, -0.1) is 0 Å². The Morgan fingerprint density at radius 3 is 1.44 bits per heavy atom. The molecule has 0 heterocycles. The van der Waals surface area contributed by atoms with Gasteiger partial charge in [0.25, 0.3) is 0 Å². The van der Waals surface area contributed by atoms with E-state index in [-0.39, 0.29) is 3.35 Å². The summed E-state index contributed by atoms with van der Waals surface area (Å²) < 4.78 is 31.6. The molecule has 1 atom stereocenters. The average Bonchev–Trinajstić information content (AvgIpc) is 1.19. The molecule has 1 unspecified atom stereocenters. The topological polar surface area (TPSA) is 94.8 Å². The van der Waals surface area contributed by atoms with Crippen molar-refractivity contribution in [2.75, 3.05) is 0 Å². The molecule has 0 spiro atoms. The van der Waals surface area contributed by atoms with Crippen molar-refractivity contribution in [1.82, 2.24) is 0 Å². The van der Waals surface area contributed by atoms with Crippen molar-refractivity contribution in [2.45, 2.75) is 10.3 Å². The van der Waals surface area contributed by atoms with Gasteiger partial charge in [-0.1, -0.05) is 0 Å². The second-order valence-electron chi connectivity index (χ2n) is 1.54. The van der Waals surface area contributed by atoms with Crippen LogP contribution in [0.1, 0.15) is 6.92 Å². The van der Waals surface area contributed by atoms with Crippen molar-refractivity contribution < 1.29 is 22.6 Å². The smallest absolute Gasteiger partial charge is 0.264 e. The van der Waals surface area contributed by atoms with Crippen LogP contribution in [-0.2, 0) is 10.4 Å². The molecule has 3 N–H and O–H groups in total. The Kier molecular flexibility index (Phi) is 7.78. The summed E-state index contributed by atoms with van der Waals surface area (Å²) in [5, 5.41) is 8.12. The maximum absolute atomic E-state index is 8.74. The number of hydrogen-bond acceptors (Lipinski definition) is 3. The van der Waals surface area contributed by atoms with Crippen molar-refractivity contribution in [3.63, 3.8) is 0 Å². The monoisotopic (exact) mass is 166 g/mol. The van der Waals surface area contributed by atoms with Gasteiger partial charge in [0.2, 0.25) is 0 Å². The molecule has 0 fully saturated rings. The van der Waals surface area contributed by atoms with Crippen molar-refractivity contribution in [2.24, 2.45) is 0 Å². The summed E-state index contributed by atoms with van der Waals surface area (Å²) in [6, 6.07) is 0. The zero-order chi connectivity index (χ0) is 8.08. The molecule has 0 aliphatic carbocycles. The molecule has 0 saturated heterocycles. The molecule has 0 saturated carbocycles. The molecule has 0 rings (SSSR count). The Bertz CT molecular complexity index is 126. The molecule has 9 heavy (non-hydrogen) atoms. The van der Waals surface area contributed by atoms with Gasteiger partial charge in [0.15, 0.2) is 0 Å². The average molecular weight is 166 g/mol. The van der Waals surface area contributed by atoms with Gasteiger partial charge < -0.3 is 0 Å². The van der Waals surface area contributed by atoms with Crippen molar-refractivity contribution in [3.8, 4) is 0 Å². The number of aliphatic hydroxyl groups excluding tert-OH is 1. The van der Waals surface area contributed by atoms with E-state index in [4.69, 9.17) is 22.6 Å². The molecule has 5 nitrogen and oxygen atoms in total. The van der Waals surface area contributed by atoms with Crippen LogP contribution >= 0.6 is 0 Å². The Morgan fingerprint density at radius 2 is 1.44 bits per heavy atom. The molecule has 0 amide bonds. The van der Waals surface area contributed by atoms with Crippen LogP contribution in [0.15, 0.2) is 0 Å². The molecule has 0 bridgehead atoms. The Hall–Kier alpha value is 0.830. The minimum Gasteiger partial charge on any atom is -0.264 e. The molecule has 0 radical (unpaired) electrons. The molecule has 0 aliphatic rings. The van der Waals surface area contributed by atoms with Crippen LogP contribution in [0.4, 0.5) is 0 Å². The minimum atomic E-state index is -4.67. The summed E-state index contributed by atoms with van der Waals surface area (Å²) in [6.45, 7) is 1.78. The van der Waals surface area contributed by atoms with E-state index in [9.17, 15) is 0 Å². The van der Waals surface area contributed by atoms with E-state index in [1.54, 1.807) is 6.92 Å². The van der Waals surface area contributed by atoms with E-state index in [0.717, 1.165) is 27.9 Å². The second kappa shape index (κ2) is 5.60. The Labute approximate surface area is 71.1 Å². The Balaban J connectivity index is 0. The first-order valence-electron chi connectivity index (χ1n) is 2.11. The summed E-state index contributed by atoms with van der Waals surface area (Å²) in [7, 11) is -4.67. The van der Waals surface area contributed by atoms with E-state index in [0.29, 0.717) is 0 Å². The fourth-order valence-corrected chi connectivity index (χ4v) is 0. The third-order valence-corrected chi connectivity index (χ3v) is 0.